The molecule has 0 aromatic heterocycles. The molecule has 0 heterocycles. The maximum absolute atomic E-state index is 11.5. The van der Waals surface area contributed by atoms with Gasteiger partial charge >= 0.3 is 5.97 Å². The van der Waals surface area contributed by atoms with E-state index in [0.29, 0.717) is 16.3 Å². The Kier molecular flexibility index (Phi) is 5.66. The van der Waals surface area contributed by atoms with Crippen molar-refractivity contribution in [3.8, 4) is 5.75 Å². The van der Waals surface area contributed by atoms with Gasteiger partial charge in [0.05, 0.1) is 0 Å². The van der Waals surface area contributed by atoms with Crippen molar-refractivity contribution in [2.45, 2.75) is 13.3 Å². The molecule has 0 aliphatic carbocycles. The number of carbonyl (C=O) groups excluding carboxylic acids is 2. The first-order chi connectivity index (χ1) is 8.38. The van der Waals surface area contributed by atoms with Crippen molar-refractivity contribution in [3.05, 3.63) is 39.4 Å². The zero-order valence-electron chi connectivity index (χ0n) is 9.38. The molecule has 0 unspecified atom stereocenters. The quantitative estimate of drug-likeness (QED) is 0.367. The van der Waals surface area contributed by atoms with Gasteiger partial charge in [-0.25, -0.2) is 0 Å². The lowest BCUT2D eigenvalue weighted by Crippen LogP contribution is -2.13. The van der Waals surface area contributed by atoms with Crippen LogP contribution in [0, 0.1) is 6.92 Å². The SMILES string of the molecule is Cc1cc(Cl)ccc1OC(=O)CC(=O)C=C(Cl)Cl. The van der Waals surface area contributed by atoms with Crippen LogP contribution in [0.3, 0.4) is 0 Å². The Hall–Kier alpha value is -1.03. The molecule has 0 N–H and O–H groups in total. The molecule has 0 atom stereocenters. The van der Waals surface area contributed by atoms with E-state index < -0.39 is 18.2 Å². The maximum Gasteiger partial charge on any atom is 0.319 e. The van der Waals surface area contributed by atoms with Gasteiger partial charge in [-0.15, -0.1) is 0 Å². The van der Waals surface area contributed by atoms with Crippen LogP contribution in [0.5, 0.6) is 5.75 Å². The summed E-state index contributed by atoms with van der Waals surface area (Å²) in [6.45, 7) is 1.74. The summed E-state index contributed by atoms with van der Waals surface area (Å²) in [5.74, 6) is -0.846. The number of rotatable bonds is 4. The lowest BCUT2D eigenvalue weighted by Gasteiger charge is -2.06. The van der Waals surface area contributed by atoms with Crippen LogP contribution in [-0.2, 0) is 9.59 Å². The van der Waals surface area contributed by atoms with Gasteiger partial charge in [-0.3, -0.25) is 9.59 Å². The molecule has 6 heteroatoms. The molecule has 0 saturated carbocycles. The summed E-state index contributed by atoms with van der Waals surface area (Å²) >= 11 is 16.4. The molecule has 1 aromatic carbocycles. The number of allylic oxidation sites excluding steroid dienone is 1. The monoisotopic (exact) mass is 306 g/mol. The predicted molar refractivity (Wildman–Crippen MR) is 71.2 cm³/mol. The van der Waals surface area contributed by atoms with Gasteiger partial charge in [0.25, 0.3) is 0 Å². The number of benzene rings is 1. The van der Waals surface area contributed by atoms with E-state index in [2.05, 4.69) is 0 Å². The molecule has 1 rings (SSSR count). The van der Waals surface area contributed by atoms with E-state index in [4.69, 9.17) is 39.5 Å². The summed E-state index contributed by atoms with van der Waals surface area (Å²) < 4.78 is 4.82. The lowest BCUT2D eigenvalue weighted by molar-refractivity contribution is -0.137. The van der Waals surface area contributed by atoms with Crippen LogP contribution in [0.15, 0.2) is 28.8 Å². The van der Waals surface area contributed by atoms with Crippen LogP contribution in [0.25, 0.3) is 0 Å². The highest BCUT2D eigenvalue weighted by Gasteiger charge is 2.11. The molecule has 0 aliphatic rings. The lowest BCUT2D eigenvalue weighted by atomic mass is 10.2. The van der Waals surface area contributed by atoms with Crippen molar-refractivity contribution >= 4 is 46.6 Å². The number of ketones is 1. The molecule has 0 spiro atoms. The zero-order valence-corrected chi connectivity index (χ0v) is 11.6. The van der Waals surface area contributed by atoms with Gasteiger partial charge in [-0.2, -0.15) is 0 Å². The second-order valence-corrected chi connectivity index (χ2v) is 4.91. The molecule has 18 heavy (non-hydrogen) atoms. The van der Waals surface area contributed by atoms with Crippen LogP contribution >= 0.6 is 34.8 Å². The fraction of sp³-hybridized carbons (Fsp3) is 0.167. The third-order valence-electron chi connectivity index (χ3n) is 1.95. The van der Waals surface area contributed by atoms with Crippen molar-refractivity contribution in [1.82, 2.24) is 0 Å². The number of halogens is 3. The first kappa shape index (κ1) is 15.0. The molecule has 1 aromatic rings. The Morgan fingerprint density at radius 2 is 2.00 bits per heavy atom. The van der Waals surface area contributed by atoms with Gasteiger partial charge in [-0.1, -0.05) is 34.8 Å². The Labute approximate surface area is 119 Å². The standard InChI is InChI=1S/C12H9Cl3O3/c1-7-4-8(13)2-3-10(7)18-12(17)6-9(16)5-11(14)15/h2-5H,6H2,1H3. The molecule has 0 amide bonds. The van der Waals surface area contributed by atoms with Crippen LogP contribution in [0.2, 0.25) is 5.02 Å². The number of carbonyl (C=O) groups is 2. The molecule has 0 radical (unpaired) electrons. The first-order valence-electron chi connectivity index (χ1n) is 4.91. The van der Waals surface area contributed by atoms with Gasteiger partial charge in [0.1, 0.15) is 16.7 Å². The van der Waals surface area contributed by atoms with Crippen molar-refractivity contribution in [2.24, 2.45) is 0 Å². The Morgan fingerprint density at radius 1 is 1.33 bits per heavy atom. The van der Waals surface area contributed by atoms with Gasteiger partial charge in [0, 0.05) is 11.1 Å². The van der Waals surface area contributed by atoms with E-state index in [1.54, 1.807) is 25.1 Å². The van der Waals surface area contributed by atoms with Crippen molar-refractivity contribution in [2.75, 3.05) is 0 Å². The van der Waals surface area contributed by atoms with E-state index in [1.807, 2.05) is 0 Å². The summed E-state index contributed by atoms with van der Waals surface area (Å²) in [6.07, 6.45) is 0.532. The fourth-order valence-corrected chi connectivity index (χ4v) is 1.67. The highest BCUT2D eigenvalue weighted by atomic mass is 35.5. The van der Waals surface area contributed by atoms with Crippen LogP contribution < -0.4 is 4.74 Å². The third kappa shape index (κ3) is 5.08. The van der Waals surface area contributed by atoms with Crippen molar-refractivity contribution in [3.63, 3.8) is 0 Å². The summed E-state index contributed by atoms with van der Waals surface area (Å²) in [5.41, 5.74) is 0.703. The average molecular weight is 308 g/mol. The van der Waals surface area contributed by atoms with Crippen LogP contribution in [0.1, 0.15) is 12.0 Å². The maximum atomic E-state index is 11.5. The minimum Gasteiger partial charge on any atom is -0.426 e. The minimum absolute atomic E-state index is 0.199. The second kappa shape index (κ2) is 6.78. The first-order valence-corrected chi connectivity index (χ1v) is 6.04. The second-order valence-electron chi connectivity index (χ2n) is 3.46. The molecule has 0 saturated heterocycles. The van der Waals surface area contributed by atoms with Crippen molar-refractivity contribution < 1.29 is 14.3 Å². The summed E-state index contributed by atoms with van der Waals surface area (Å²) in [5, 5.41) is 0.542. The average Bonchev–Trinajstić information content (AvgIpc) is 2.20. The molecular weight excluding hydrogens is 298 g/mol. The van der Waals surface area contributed by atoms with Crippen LogP contribution in [-0.4, -0.2) is 11.8 Å². The van der Waals surface area contributed by atoms with E-state index in [1.165, 1.54) is 0 Å². The van der Waals surface area contributed by atoms with Crippen LogP contribution in [0.4, 0.5) is 0 Å². The molecule has 3 nitrogen and oxygen atoms in total. The predicted octanol–water partition coefficient (Wildman–Crippen LogP) is 3.83. The molecule has 0 bridgehead atoms. The van der Waals surface area contributed by atoms with Gasteiger partial charge < -0.3 is 4.74 Å². The molecule has 0 aliphatic heterocycles. The highest BCUT2D eigenvalue weighted by Crippen LogP contribution is 2.22. The minimum atomic E-state index is -0.684. The number of hydrogen-bond donors (Lipinski definition) is 0. The highest BCUT2D eigenvalue weighted by molar-refractivity contribution is 6.56. The van der Waals surface area contributed by atoms with Gasteiger partial charge in [0.2, 0.25) is 0 Å². The summed E-state index contributed by atoms with van der Waals surface area (Å²) in [4.78, 5) is 22.7. The van der Waals surface area contributed by atoms with Gasteiger partial charge in [0.15, 0.2) is 5.78 Å². The van der Waals surface area contributed by atoms with E-state index >= 15 is 0 Å². The molecule has 0 fully saturated rings. The largest absolute Gasteiger partial charge is 0.426 e. The normalized spacial score (nSPS) is 9.78. The van der Waals surface area contributed by atoms with Crippen molar-refractivity contribution in [1.29, 1.82) is 0 Å². The van der Waals surface area contributed by atoms with E-state index in [9.17, 15) is 9.59 Å². The smallest absolute Gasteiger partial charge is 0.319 e. The number of aryl methyl sites for hydroxylation is 1. The number of ether oxygens (including phenoxy) is 1. The molecular formula is C12H9Cl3O3. The van der Waals surface area contributed by atoms with Gasteiger partial charge in [-0.05, 0) is 30.7 Å². The topological polar surface area (TPSA) is 43.4 Å². The molecule has 96 valence electrons. The number of esters is 1. The number of hydrogen-bond acceptors (Lipinski definition) is 3. The zero-order chi connectivity index (χ0) is 13.7. The van der Waals surface area contributed by atoms with E-state index in [0.717, 1.165) is 6.08 Å². The Morgan fingerprint density at radius 3 is 2.56 bits per heavy atom. The Bertz CT molecular complexity index is 505. The Balaban J connectivity index is 2.65. The third-order valence-corrected chi connectivity index (χ3v) is 2.40. The summed E-state index contributed by atoms with van der Waals surface area (Å²) in [6, 6.07) is 4.81. The summed E-state index contributed by atoms with van der Waals surface area (Å²) in [7, 11) is 0. The van der Waals surface area contributed by atoms with E-state index in [-0.39, 0.29) is 4.49 Å². The fourth-order valence-electron chi connectivity index (χ4n) is 1.20.